The van der Waals surface area contributed by atoms with Gasteiger partial charge in [0.05, 0.1) is 6.42 Å². The van der Waals surface area contributed by atoms with Crippen LogP contribution in [0.15, 0.2) is 42.6 Å². The molecule has 2 aromatic carbocycles. The maximum atomic E-state index is 12.2. The molecule has 0 spiro atoms. The second-order valence-electron chi connectivity index (χ2n) is 8.03. The highest BCUT2D eigenvalue weighted by Gasteiger charge is 2.35. The number of rotatable bonds is 6. The van der Waals surface area contributed by atoms with Gasteiger partial charge in [0.25, 0.3) is 5.91 Å². The highest BCUT2D eigenvalue weighted by Crippen LogP contribution is 2.40. The highest BCUT2D eigenvalue weighted by molar-refractivity contribution is 6.03. The molecule has 7 heteroatoms. The third-order valence-electron chi connectivity index (χ3n) is 5.07. The van der Waals surface area contributed by atoms with Crippen molar-refractivity contribution in [1.82, 2.24) is 10.3 Å². The maximum Gasteiger partial charge on any atom is 0.257 e. The molecule has 1 aliphatic rings. The zero-order valence-electron chi connectivity index (χ0n) is 17.0. The van der Waals surface area contributed by atoms with Gasteiger partial charge in [0, 0.05) is 35.8 Å². The summed E-state index contributed by atoms with van der Waals surface area (Å²) in [7, 11) is 0. The minimum atomic E-state index is -0.658. The lowest BCUT2D eigenvalue weighted by molar-refractivity contribution is -0.123. The predicted molar refractivity (Wildman–Crippen MR) is 112 cm³/mol. The molecule has 2 heterocycles. The summed E-state index contributed by atoms with van der Waals surface area (Å²) in [6.07, 6.45) is 2.83. The Morgan fingerprint density at radius 2 is 2.10 bits per heavy atom. The number of fused-ring (bicyclic) bond motifs is 2. The van der Waals surface area contributed by atoms with Crippen LogP contribution in [0.1, 0.15) is 36.2 Å². The zero-order valence-corrected chi connectivity index (χ0v) is 17.0. The largest absolute Gasteiger partial charge is 0.507 e. The van der Waals surface area contributed by atoms with Crippen LogP contribution in [0.2, 0.25) is 0 Å². The molecule has 3 aromatic rings. The Labute approximate surface area is 174 Å². The number of nitrogens with one attached hydrogen (secondary N) is 2. The standard InChI is InChI=1S/C23H24N2O5/c1-23(2)11-19(27)22-18(26)9-15(10-20(22)30-23)29-13-21(28)24-8-7-14-12-25-17-6-4-3-5-16(14)17/h3-6,9-10,12,25-26H,7-8,11,13H2,1-2H3,(H,24,28). The van der Waals surface area contributed by atoms with Gasteiger partial charge in [0.1, 0.15) is 28.4 Å². The van der Waals surface area contributed by atoms with Gasteiger partial charge >= 0.3 is 0 Å². The molecule has 1 aromatic heterocycles. The lowest BCUT2D eigenvalue weighted by Gasteiger charge is -2.32. The van der Waals surface area contributed by atoms with Crippen LogP contribution in [-0.4, -0.2) is 40.5 Å². The molecule has 3 N–H and O–H groups in total. The molecular formula is C23H24N2O5. The smallest absolute Gasteiger partial charge is 0.257 e. The number of phenolic OH excluding ortho intramolecular Hbond substituents is 1. The summed E-state index contributed by atoms with van der Waals surface area (Å²) in [5.74, 6) is -0.123. The van der Waals surface area contributed by atoms with E-state index in [-0.39, 0.29) is 47.5 Å². The summed E-state index contributed by atoms with van der Waals surface area (Å²) < 4.78 is 11.3. The number of ether oxygens (including phenoxy) is 2. The van der Waals surface area contributed by atoms with Crippen LogP contribution in [-0.2, 0) is 11.2 Å². The van der Waals surface area contributed by atoms with Crippen molar-refractivity contribution in [3.63, 3.8) is 0 Å². The van der Waals surface area contributed by atoms with Crippen molar-refractivity contribution in [3.8, 4) is 17.2 Å². The van der Waals surface area contributed by atoms with E-state index in [0.717, 1.165) is 16.5 Å². The van der Waals surface area contributed by atoms with Gasteiger partial charge in [-0.25, -0.2) is 0 Å². The Hall–Kier alpha value is -3.48. The summed E-state index contributed by atoms with van der Waals surface area (Å²) >= 11 is 0. The van der Waals surface area contributed by atoms with E-state index in [4.69, 9.17) is 9.47 Å². The fraction of sp³-hybridized carbons (Fsp3) is 0.304. The van der Waals surface area contributed by atoms with Crippen LogP contribution in [0.4, 0.5) is 0 Å². The monoisotopic (exact) mass is 408 g/mol. The Bertz CT molecular complexity index is 1120. The van der Waals surface area contributed by atoms with Gasteiger partial charge in [0.2, 0.25) is 0 Å². The number of aromatic amines is 1. The number of carbonyl (C=O) groups excluding carboxylic acids is 2. The van der Waals surface area contributed by atoms with Gasteiger partial charge in [-0.2, -0.15) is 0 Å². The van der Waals surface area contributed by atoms with Crippen LogP contribution in [0.25, 0.3) is 10.9 Å². The summed E-state index contributed by atoms with van der Waals surface area (Å²) in [6, 6.07) is 10.9. The molecule has 0 bridgehead atoms. The first-order valence-electron chi connectivity index (χ1n) is 9.86. The number of hydrogen-bond donors (Lipinski definition) is 3. The number of aromatic hydroxyl groups is 1. The molecule has 1 amide bonds. The normalized spacial score (nSPS) is 14.8. The molecule has 4 rings (SSSR count). The first kappa shape index (κ1) is 19.8. The number of benzene rings is 2. The number of H-pyrrole nitrogens is 1. The first-order chi connectivity index (χ1) is 14.3. The van der Waals surface area contributed by atoms with Crippen molar-refractivity contribution in [1.29, 1.82) is 0 Å². The lowest BCUT2D eigenvalue weighted by Crippen LogP contribution is -2.36. The van der Waals surface area contributed by atoms with Crippen molar-refractivity contribution in [2.45, 2.75) is 32.3 Å². The third kappa shape index (κ3) is 4.10. The van der Waals surface area contributed by atoms with Crippen LogP contribution in [0, 0.1) is 0 Å². The Morgan fingerprint density at radius 3 is 2.93 bits per heavy atom. The second-order valence-corrected chi connectivity index (χ2v) is 8.03. The molecule has 0 saturated carbocycles. The molecule has 7 nitrogen and oxygen atoms in total. The van der Waals surface area contributed by atoms with Gasteiger partial charge in [-0.05, 0) is 31.9 Å². The van der Waals surface area contributed by atoms with Gasteiger partial charge in [-0.15, -0.1) is 0 Å². The molecule has 1 aliphatic heterocycles. The molecule has 0 fully saturated rings. The number of phenols is 1. The number of Topliss-reactive ketones (excluding diaryl/α,β-unsaturated/α-hetero) is 1. The van der Waals surface area contributed by atoms with Crippen LogP contribution in [0.5, 0.6) is 17.2 Å². The fourth-order valence-electron chi connectivity index (χ4n) is 3.70. The summed E-state index contributed by atoms with van der Waals surface area (Å²) in [4.78, 5) is 27.6. The Balaban J connectivity index is 1.33. The van der Waals surface area contributed by atoms with Gasteiger partial charge in [-0.1, -0.05) is 18.2 Å². The van der Waals surface area contributed by atoms with E-state index in [2.05, 4.69) is 10.3 Å². The van der Waals surface area contributed by atoms with E-state index in [1.54, 1.807) is 13.8 Å². The second kappa shape index (κ2) is 7.74. The minimum absolute atomic E-state index is 0.157. The summed E-state index contributed by atoms with van der Waals surface area (Å²) in [5, 5.41) is 14.2. The molecular weight excluding hydrogens is 384 g/mol. The van der Waals surface area contributed by atoms with E-state index in [1.807, 2.05) is 30.5 Å². The molecule has 0 radical (unpaired) electrons. The Kier molecular flexibility index (Phi) is 5.11. The van der Waals surface area contributed by atoms with Crippen molar-refractivity contribution in [3.05, 3.63) is 53.7 Å². The molecule has 156 valence electrons. The summed E-state index contributed by atoms with van der Waals surface area (Å²) in [5.41, 5.74) is 1.70. The van der Waals surface area contributed by atoms with E-state index in [1.165, 1.54) is 12.1 Å². The molecule has 0 unspecified atom stereocenters. The number of hydrogen-bond acceptors (Lipinski definition) is 5. The molecule has 30 heavy (non-hydrogen) atoms. The molecule has 0 saturated heterocycles. The zero-order chi connectivity index (χ0) is 21.3. The van der Waals surface area contributed by atoms with Crippen LogP contribution >= 0.6 is 0 Å². The van der Waals surface area contributed by atoms with E-state index >= 15 is 0 Å². The van der Waals surface area contributed by atoms with Crippen molar-refractivity contribution >= 4 is 22.6 Å². The third-order valence-corrected chi connectivity index (χ3v) is 5.07. The number of aromatic nitrogens is 1. The van der Waals surface area contributed by atoms with E-state index in [9.17, 15) is 14.7 Å². The maximum absolute atomic E-state index is 12.2. The van der Waals surface area contributed by atoms with Crippen molar-refractivity contribution in [2.24, 2.45) is 0 Å². The average Bonchev–Trinajstić information content (AvgIpc) is 3.08. The number of amides is 1. The fourth-order valence-corrected chi connectivity index (χ4v) is 3.70. The number of ketones is 1. The predicted octanol–water partition coefficient (Wildman–Crippen LogP) is 3.36. The number of carbonyl (C=O) groups is 2. The van der Waals surface area contributed by atoms with Crippen molar-refractivity contribution in [2.75, 3.05) is 13.2 Å². The lowest BCUT2D eigenvalue weighted by atomic mass is 9.92. The summed E-state index contributed by atoms with van der Waals surface area (Å²) in [6.45, 7) is 3.88. The van der Waals surface area contributed by atoms with Crippen LogP contribution in [0.3, 0.4) is 0 Å². The average molecular weight is 408 g/mol. The molecule has 0 atom stereocenters. The quantitative estimate of drug-likeness (QED) is 0.581. The number of para-hydroxylation sites is 1. The topological polar surface area (TPSA) is 101 Å². The first-order valence-corrected chi connectivity index (χ1v) is 9.86. The highest BCUT2D eigenvalue weighted by atomic mass is 16.5. The van der Waals surface area contributed by atoms with E-state index < -0.39 is 5.60 Å². The van der Waals surface area contributed by atoms with Crippen LogP contribution < -0.4 is 14.8 Å². The Morgan fingerprint density at radius 1 is 1.30 bits per heavy atom. The van der Waals surface area contributed by atoms with Gasteiger partial charge in [-0.3, -0.25) is 9.59 Å². The minimum Gasteiger partial charge on any atom is -0.507 e. The molecule has 0 aliphatic carbocycles. The SMILES string of the molecule is CC1(C)CC(=O)c2c(O)cc(OCC(=O)NCCc3c[nH]c4ccccc34)cc2O1. The van der Waals surface area contributed by atoms with Gasteiger partial charge < -0.3 is 24.9 Å². The van der Waals surface area contributed by atoms with E-state index in [0.29, 0.717) is 13.0 Å². The van der Waals surface area contributed by atoms with Crippen molar-refractivity contribution < 1.29 is 24.2 Å². The van der Waals surface area contributed by atoms with Gasteiger partial charge in [0.15, 0.2) is 12.4 Å².